The summed E-state index contributed by atoms with van der Waals surface area (Å²) in [6, 6.07) is 15.7. The molecule has 0 spiro atoms. The molecule has 1 aliphatic heterocycles. The first-order valence-electron chi connectivity index (χ1n) is 7.28. The maximum Gasteiger partial charge on any atom is 0.0357 e. The molecule has 0 bridgehead atoms. The van der Waals surface area contributed by atoms with E-state index in [0.29, 0.717) is 12.0 Å². The van der Waals surface area contributed by atoms with E-state index in [9.17, 15) is 0 Å². The van der Waals surface area contributed by atoms with Crippen molar-refractivity contribution < 1.29 is 0 Å². The van der Waals surface area contributed by atoms with Gasteiger partial charge in [-0.1, -0.05) is 30.3 Å². The Bertz CT molecular complexity index is 562. The van der Waals surface area contributed by atoms with Crippen LogP contribution in [-0.2, 0) is 0 Å². The van der Waals surface area contributed by atoms with Gasteiger partial charge in [-0.15, -0.1) is 0 Å². The molecule has 1 saturated heterocycles. The van der Waals surface area contributed by atoms with Gasteiger partial charge in [0.1, 0.15) is 0 Å². The van der Waals surface area contributed by atoms with Crippen molar-refractivity contribution >= 4 is 0 Å². The third-order valence-corrected chi connectivity index (χ3v) is 4.98. The standard InChI is InChI=1S/C18H22N2/c1-18(2)16(14-9-11-19-12-10-14)13-17(20(18)3)15-7-5-4-6-8-15/h4-12,16-17H,13H2,1-3H3. The van der Waals surface area contributed by atoms with Crippen molar-refractivity contribution in [2.45, 2.75) is 37.8 Å². The predicted molar refractivity (Wildman–Crippen MR) is 82.6 cm³/mol. The summed E-state index contributed by atoms with van der Waals surface area (Å²) in [5.74, 6) is 0.542. The molecule has 2 heteroatoms. The second kappa shape index (κ2) is 5.02. The third kappa shape index (κ3) is 2.14. The van der Waals surface area contributed by atoms with Gasteiger partial charge in [0.15, 0.2) is 0 Å². The van der Waals surface area contributed by atoms with Gasteiger partial charge >= 0.3 is 0 Å². The van der Waals surface area contributed by atoms with Gasteiger partial charge in [-0.3, -0.25) is 9.88 Å². The SMILES string of the molecule is CN1C(c2ccccc2)CC(c2ccncc2)C1(C)C. The zero-order valence-electron chi connectivity index (χ0n) is 12.5. The minimum atomic E-state index is 0.155. The lowest BCUT2D eigenvalue weighted by Gasteiger charge is -2.35. The molecular formula is C18H22N2. The minimum Gasteiger partial charge on any atom is -0.294 e. The van der Waals surface area contributed by atoms with E-state index in [2.05, 4.69) is 73.2 Å². The molecule has 2 heterocycles. The number of hydrogen-bond acceptors (Lipinski definition) is 2. The Morgan fingerprint density at radius 2 is 1.65 bits per heavy atom. The van der Waals surface area contributed by atoms with Crippen LogP contribution in [0, 0.1) is 0 Å². The van der Waals surface area contributed by atoms with Gasteiger partial charge in [-0.25, -0.2) is 0 Å². The van der Waals surface area contributed by atoms with Crippen LogP contribution in [0.2, 0.25) is 0 Å². The summed E-state index contributed by atoms with van der Waals surface area (Å²) in [6.45, 7) is 4.70. The quantitative estimate of drug-likeness (QED) is 0.816. The van der Waals surface area contributed by atoms with E-state index >= 15 is 0 Å². The van der Waals surface area contributed by atoms with Gasteiger partial charge < -0.3 is 0 Å². The van der Waals surface area contributed by atoms with E-state index in [1.54, 1.807) is 0 Å². The fourth-order valence-electron chi connectivity index (χ4n) is 3.49. The average molecular weight is 266 g/mol. The molecule has 2 nitrogen and oxygen atoms in total. The lowest BCUT2D eigenvalue weighted by atomic mass is 9.82. The molecule has 1 fully saturated rings. The Labute approximate surface area is 121 Å². The Hall–Kier alpha value is -1.67. The van der Waals surface area contributed by atoms with Crippen LogP contribution >= 0.6 is 0 Å². The Morgan fingerprint density at radius 1 is 1.00 bits per heavy atom. The highest BCUT2D eigenvalue weighted by molar-refractivity contribution is 5.29. The molecule has 104 valence electrons. The summed E-state index contributed by atoms with van der Waals surface area (Å²) >= 11 is 0. The Kier molecular flexibility index (Phi) is 3.35. The number of rotatable bonds is 2. The Balaban J connectivity index is 1.95. The molecule has 1 aromatic heterocycles. The van der Waals surface area contributed by atoms with Crippen LogP contribution in [0.5, 0.6) is 0 Å². The smallest absolute Gasteiger partial charge is 0.0357 e. The number of likely N-dealkylation sites (N-methyl/N-ethyl adjacent to an activating group) is 1. The van der Waals surface area contributed by atoms with Crippen molar-refractivity contribution in [1.29, 1.82) is 0 Å². The number of hydrogen-bond donors (Lipinski definition) is 0. The zero-order valence-corrected chi connectivity index (χ0v) is 12.5. The number of nitrogens with zero attached hydrogens (tertiary/aromatic N) is 2. The topological polar surface area (TPSA) is 16.1 Å². The molecule has 2 unspecified atom stereocenters. The van der Waals surface area contributed by atoms with E-state index < -0.39 is 0 Å². The average Bonchev–Trinajstić information content (AvgIpc) is 2.72. The van der Waals surface area contributed by atoms with Crippen molar-refractivity contribution in [2.75, 3.05) is 7.05 Å². The van der Waals surface area contributed by atoms with E-state index in [-0.39, 0.29) is 5.54 Å². The first-order chi connectivity index (χ1) is 9.60. The molecule has 2 aromatic rings. The molecule has 0 aliphatic carbocycles. The highest BCUT2D eigenvalue weighted by Crippen LogP contribution is 2.49. The van der Waals surface area contributed by atoms with Gasteiger partial charge in [0.25, 0.3) is 0 Å². The molecule has 3 rings (SSSR count). The van der Waals surface area contributed by atoms with Gasteiger partial charge in [-0.2, -0.15) is 0 Å². The molecule has 1 aliphatic rings. The maximum absolute atomic E-state index is 4.15. The van der Waals surface area contributed by atoms with Crippen LogP contribution in [0.1, 0.15) is 43.4 Å². The second-order valence-corrected chi connectivity index (χ2v) is 6.26. The van der Waals surface area contributed by atoms with Crippen LogP contribution in [-0.4, -0.2) is 22.5 Å². The first kappa shape index (κ1) is 13.3. The van der Waals surface area contributed by atoms with Gasteiger partial charge in [-0.05, 0) is 50.6 Å². The highest BCUT2D eigenvalue weighted by atomic mass is 15.2. The van der Waals surface area contributed by atoms with E-state index in [1.165, 1.54) is 11.1 Å². The van der Waals surface area contributed by atoms with E-state index in [4.69, 9.17) is 0 Å². The van der Waals surface area contributed by atoms with Crippen LogP contribution in [0.15, 0.2) is 54.9 Å². The number of pyridine rings is 1. The monoisotopic (exact) mass is 266 g/mol. The summed E-state index contributed by atoms with van der Waals surface area (Å²) in [5.41, 5.74) is 2.97. The molecule has 0 N–H and O–H groups in total. The highest BCUT2D eigenvalue weighted by Gasteiger charge is 2.45. The van der Waals surface area contributed by atoms with Gasteiger partial charge in [0, 0.05) is 29.9 Å². The van der Waals surface area contributed by atoms with E-state index in [0.717, 1.165) is 6.42 Å². The third-order valence-electron chi connectivity index (χ3n) is 4.98. The fourth-order valence-corrected chi connectivity index (χ4v) is 3.49. The predicted octanol–water partition coefficient (Wildman–Crippen LogP) is 4.02. The second-order valence-electron chi connectivity index (χ2n) is 6.26. The van der Waals surface area contributed by atoms with Crippen LogP contribution in [0.25, 0.3) is 0 Å². The molecule has 0 amide bonds. The lowest BCUT2D eigenvalue weighted by Crippen LogP contribution is -2.39. The molecule has 2 atom stereocenters. The van der Waals surface area contributed by atoms with E-state index in [1.807, 2.05) is 12.4 Å². The normalized spacial score (nSPS) is 25.8. The van der Waals surface area contributed by atoms with Gasteiger partial charge in [0.2, 0.25) is 0 Å². The van der Waals surface area contributed by atoms with Crippen LogP contribution in [0.4, 0.5) is 0 Å². The summed E-state index contributed by atoms with van der Waals surface area (Å²) < 4.78 is 0. The first-order valence-corrected chi connectivity index (χ1v) is 7.28. The van der Waals surface area contributed by atoms with Crippen molar-refractivity contribution in [2.24, 2.45) is 0 Å². The fraction of sp³-hybridized carbons (Fsp3) is 0.389. The molecular weight excluding hydrogens is 244 g/mol. The molecule has 0 saturated carbocycles. The summed E-state index contributed by atoms with van der Waals surface area (Å²) in [6.07, 6.45) is 4.97. The van der Waals surface area contributed by atoms with Crippen LogP contribution < -0.4 is 0 Å². The molecule has 0 radical (unpaired) electrons. The molecule has 1 aromatic carbocycles. The van der Waals surface area contributed by atoms with Crippen LogP contribution in [0.3, 0.4) is 0 Å². The Morgan fingerprint density at radius 3 is 2.30 bits per heavy atom. The largest absolute Gasteiger partial charge is 0.294 e. The summed E-state index contributed by atoms with van der Waals surface area (Å²) in [7, 11) is 2.25. The number of aromatic nitrogens is 1. The summed E-state index contributed by atoms with van der Waals surface area (Å²) in [5, 5.41) is 0. The number of likely N-dealkylation sites (tertiary alicyclic amines) is 1. The van der Waals surface area contributed by atoms with Crippen molar-refractivity contribution in [3.8, 4) is 0 Å². The van der Waals surface area contributed by atoms with Gasteiger partial charge in [0.05, 0.1) is 0 Å². The zero-order chi connectivity index (χ0) is 14.2. The maximum atomic E-state index is 4.15. The van der Waals surface area contributed by atoms with Crippen molar-refractivity contribution in [3.05, 3.63) is 66.0 Å². The number of benzene rings is 1. The van der Waals surface area contributed by atoms with Crippen molar-refractivity contribution in [1.82, 2.24) is 9.88 Å². The van der Waals surface area contributed by atoms with Crippen molar-refractivity contribution in [3.63, 3.8) is 0 Å². The minimum absolute atomic E-state index is 0.155. The summed E-state index contributed by atoms with van der Waals surface area (Å²) in [4.78, 5) is 6.67. The lowest BCUT2D eigenvalue weighted by molar-refractivity contribution is 0.159. The molecule has 20 heavy (non-hydrogen) atoms.